The Labute approximate surface area is 117 Å². The van der Waals surface area contributed by atoms with Gasteiger partial charge in [-0.15, -0.1) is 0 Å². The minimum absolute atomic E-state index is 0.188. The van der Waals surface area contributed by atoms with E-state index in [0.29, 0.717) is 6.54 Å². The van der Waals surface area contributed by atoms with Crippen molar-refractivity contribution in [3.63, 3.8) is 0 Å². The molecule has 104 valence electrons. The van der Waals surface area contributed by atoms with E-state index in [9.17, 15) is 0 Å². The van der Waals surface area contributed by atoms with Crippen LogP contribution in [0.5, 0.6) is 5.75 Å². The van der Waals surface area contributed by atoms with Gasteiger partial charge in [0, 0.05) is 24.1 Å². The quantitative estimate of drug-likeness (QED) is 0.732. The molecule has 0 radical (unpaired) electrons. The molecule has 3 rings (SSSR count). The van der Waals surface area contributed by atoms with Crippen LogP contribution in [-0.2, 0) is 13.6 Å². The summed E-state index contributed by atoms with van der Waals surface area (Å²) >= 11 is 0. The van der Waals surface area contributed by atoms with Crippen molar-refractivity contribution < 1.29 is 4.74 Å². The van der Waals surface area contributed by atoms with Crippen LogP contribution in [0.4, 0.5) is 0 Å². The van der Waals surface area contributed by atoms with E-state index in [2.05, 4.69) is 39.0 Å². The Morgan fingerprint density at radius 3 is 2.80 bits per heavy atom. The fraction of sp³-hybridized carbons (Fsp3) is 0.333. The van der Waals surface area contributed by atoms with Gasteiger partial charge in [0.1, 0.15) is 17.9 Å². The highest BCUT2D eigenvalue weighted by atomic mass is 16.5. The van der Waals surface area contributed by atoms with Crippen LogP contribution >= 0.6 is 0 Å². The Bertz CT molecular complexity index is 726. The highest BCUT2D eigenvalue weighted by Crippen LogP contribution is 2.23. The first-order valence-electron chi connectivity index (χ1n) is 6.72. The van der Waals surface area contributed by atoms with Crippen molar-refractivity contribution in [2.24, 2.45) is 7.05 Å². The van der Waals surface area contributed by atoms with Crippen molar-refractivity contribution in [2.45, 2.75) is 26.5 Å². The summed E-state index contributed by atoms with van der Waals surface area (Å²) in [6.07, 6.45) is 3.84. The molecule has 0 saturated carbocycles. The van der Waals surface area contributed by atoms with Crippen molar-refractivity contribution in [3.8, 4) is 5.75 Å². The summed E-state index contributed by atoms with van der Waals surface area (Å²) in [5.74, 6) is 1.84. The lowest BCUT2D eigenvalue weighted by molar-refractivity contribution is 0.243. The van der Waals surface area contributed by atoms with Gasteiger partial charge < -0.3 is 9.30 Å². The fourth-order valence-electron chi connectivity index (χ4n) is 2.28. The van der Waals surface area contributed by atoms with Gasteiger partial charge in [-0.1, -0.05) is 0 Å². The molecule has 0 saturated heterocycles. The van der Waals surface area contributed by atoms with E-state index in [0.717, 1.165) is 11.6 Å². The third-order valence-corrected chi connectivity index (χ3v) is 3.23. The molecule has 0 spiro atoms. The highest BCUT2D eigenvalue weighted by Gasteiger charge is 2.07. The second kappa shape index (κ2) is 5.00. The molecule has 1 aromatic carbocycles. The Kier molecular flexibility index (Phi) is 3.18. The maximum atomic E-state index is 5.72. The smallest absolute Gasteiger partial charge is 0.146 e. The van der Waals surface area contributed by atoms with Gasteiger partial charge in [-0.3, -0.25) is 4.68 Å². The zero-order chi connectivity index (χ0) is 14.1. The molecule has 2 heterocycles. The Balaban J connectivity index is 1.92. The zero-order valence-corrected chi connectivity index (χ0v) is 11.9. The van der Waals surface area contributed by atoms with Crippen LogP contribution in [0, 0.1) is 0 Å². The number of benzene rings is 1. The molecule has 3 aromatic rings. The Hall–Kier alpha value is -2.30. The molecule has 0 aliphatic heterocycles. The molecule has 0 fully saturated rings. The van der Waals surface area contributed by atoms with Gasteiger partial charge in [0.25, 0.3) is 0 Å². The maximum absolute atomic E-state index is 5.72. The molecular formula is C15H18N4O. The van der Waals surface area contributed by atoms with Gasteiger partial charge in [0.2, 0.25) is 0 Å². The van der Waals surface area contributed by atoms with Crippen molar-refractivity contribution >= 4 is 10.9 Å². The van der Waals surface area contributed by atoms with Crippen LogP contribution < -0.4 is 4.74 Å². The van der Waals surface area contributed by atoms with Crippen LogP contribution in [0.15, 0.2) is 36.8 Å². The topological polar surface area (TPSA) is 44.9 Å². The molecule has 0 unspecified atom stereocenters. The van der Waals surface area contributed by atoms with Crippen LogP contribution in [0.25, 0.3) is 10.9 Å². The number of aryl methyl sites for hydroxylation is 1. The number of fused-ring (bicyclic) bond motifs is 1. The number of rotatable bonds is 4. The first-order valence-corrected chi connectivity index (χ1v) is 6.72. The molecule has 0 atom stereocenters. The monoisotopic (exact) mass is 270 g/mol. The van der Waals surface area contributed by atoms with Crippen LogP contribution in [0.2, 0.25) is 0 Å². The number of hydrogen-bond acceptors (Lipinski definition) is 3. The predicted octanol–water partition coefficient (Wildman–Crippen LogP) is 2.61. The number of aromatic nitrogens is 4. The third kappa shape index (κ3) is 2.39. The molecular weight excluding hydrogens is 252 g/mol. The number of nitrogens with zero attached hydrogens (tertiary/aromatic N) is 4. The van der Waals surface area contributed by atoms with Crippen molar-refractivity contribution in [1.29, 1.82) is 0 Å². The van der Waals surface area contributed by atoms with Crippen LogP contribution in [0.3, 0.4) is 0 Å². The van der Waals surface area contributed by atoms with Gasteiger partial charge in [0.15, 0.2) is 0 Å². The van der Waals surface area contributed by atoms with Crippen LogP contribution in [-0.4, -0.2) is 25.4 Å². The maximum Gasteiger partial charge on any atom is 0.146 e. The van der Waals surface area contributed by atoms with Gasteiger partial charge >= 0.3 is 0 Å². The van der Waals surface area contributed by atoms with Gasteiger partial charge in [-0.25, -0.2) is 4.98 Å². The molecule has 5 heteroatoms. The van der Waals surface area contributed by atoms with E-state index >= 15 is 0 Å². The minimum atomic E-state index is 0.188. The van der Waals surface area contributed by atoms with Gasteiger partial charge in [0.05, 0.1) is 12.6 Å². The molecule has 5 nitrogen and oxygen atoms in total. The SMILES string of the molecule is CC(C)Oc1ccc2c(ccn2Cc2ncnn2C)c1. The second-order valence-corrected chi connectivity index (χ2v) is 5.13. The number of hydrogen-bond donors (Lipinski definition) is 0. The molecule has 20 heavy (non-hydrogen) atoms. The summed E-state index contributed by atoms with van der Waals surface area (Å²) in [4.78, 5) is 4.26. The minimum Gasteiger partial charge on any atom is -0.491 e. The molecule has 0 N–H and O–H groups in total. The molecule has 2 aromatic heterocycles. The van der Waals surface area contributed by atoms with E-state index < -0.39 is 0 Å². The average molecular weight is 270 g/mol. The lowest BCUT2D eigenvalue weighted by Gasteiger charge is -2.10. The average Bonchev–Trinajstić information content (AvgIpc) is 2.97. The summed E-state index contributed by atoms with van der Waals surface area (Å²) in [6, 6.07) is 8.26. The largest absolute Gasteiger partial charge is 0.491 e. The predicted molar refractivity (Wildman–Crippen MR) is 77.8 cm³/mol. The third-order valence-electron chi connectivity index (χ3n) is 3.23. The van der Waals surface area contributed by atoms with Gasteiger partial charge in [-0.05, 0) is 38.1 Å². The zero-order valence-electron chi connectivity index (χ0n) is 11.9. The van der Waals surface area contributed by atoms with Crippen molar-refractivity contribution in [1.82, 2.24) is 19.3 Å². The summed E-state index contributed by atoms with van der Waals surface area (Å²) in [7, 11) is 1.91. The first-order chi connectivity index (χ1) is 9.63. The first kappa shape index (κ1) is 12.7. The van der Waals surface area contributed by atoms with Crippen molar-refractivity contribution in [3.05, 3.63) is 42.6 Å². The Morgan fingerprint density at radius 1 is 1.25 bits per heavy atom. The van der Waals surface area contributed by atoms with Gasteiger partial charge in [-0.2, -0.15) is 5.10 Å². The van der Waals surface area contributed by atoms with E-state index in [1.54, 1.807) is 11.0 Å². The number of ether oxygens (including phenoxy) is 1. The summed E-state index contributed by atoms with van der Waals surface area (Å²) in [6.45, 7) is 4.78. The summed E-state index contributed by atoms with van der Waals surface area (Å²) in [5.41, 5.74) is 1.17. The lowest BCUT2D eigenvalue weighted by Crippen LogP contribution is -2.06. The molecule has 0 bridgehead atoms. The summed E-state index contributed by atoms with van der Waals surface area (Å²) in [5, 5.41) is 5.27. The van der Waals surface area contributed by atoms with E-state index in [1.807, 2.05) is 27.0 Å². The second-order valence-electron chi connectivity index (χ2n) is 5.13. The molecule has 0 aliphatic carbocycles. The van der Waals surface area contributed by atoms with E-state index in [1.165, 1.54) is 10.9 Å². The van der Waals surface area contributed by atoms with E-state index in [-0.39, 0.29) is 6.10 Å². The van der Waals surface area contributed by atoms with Crippen LogP contribution in [0.1, 0.15) is 19.7 Å². The summed E-state index contributed by atoms with van der Waals surface area (Å²) < 4.78 is 9.68. The standard InChI is InChI=1S/C15H18N4O/c1-11(2)20-13-4-5-14-12(8-13)6-7-19(14)9-15-16-10-17-18(15)3/h4-8,10-11H,9H2,1-3H3. The lowest BCUT2D eigenvalue weighted by atomic mass is 10.2. The highest BCUT2D eigenvalue weighted by molar-refractivity contribution is 5.81. The van der Waals surface area contributed by atoms with E-state index in [4.69, 9.17) is 4.74 Å². The Morgan fingerprint density at radius 2 is 2.10 bits per heavy atom. The molecule has 0 amide bonds. The fourth-order valence-corrected chi connectivity index (χ4v) is 2.28. The van der Waals surface area contributed by atoms with Crippen molar-refractivity contribution in [2.75, 3.05) is 0 Å². The molecule has 0 aliphatic rings. The normalized spacial score (nSPS) is 11.4.